The summed E-state index contributed by atoms with van der Waals surface area (Å²) in [4.78, 5) is 27.0. The molecule has 0 unspecified atom stereocenters. The van der Waals surface area contributed by atoms with Crippen molar-refractivity contribution in [3.05, 3.63) is 95.1 Å². The zero-order valence-electron chi connectivity index (χ0n) is 18.9. The Hall–Kier alpha value is -3.80. The number of carbonyl (C=O) groups is 2. The molecule has 0 spiro atoms. The van der Waals surface area contributed by atoms with E-state index in [1.807, 2.05) is 47.4 Å². The maximum absolute atomic E-state index is 13.4. The molecule has 1 aliphatic rings. The Balaban J connectivity index is 1.48. The molecule has 0 atom stereocenters. The first-order chi connectivity index (χ1) is 16.1. The lowest BCUT2D eigenvalue weighted by molar-refractivity contribution is 0.0729. The normalized spacial score (nSPS) is 12.7. The van der Waals surface area contributed by atoms with Crippen molar-refractivity contribution >= 4 is 11.8 Å². The largest absolute Gasteiger partial charge is 0.493 e. The van der Waals surface area contributed by atoms with E-state index in [2.05, 4.69) is 5.32 Å². The van der Waals surface area contributed by atoms with Crippen LogP contribution in [0.2, 0.25) is 0 Å². The van der Waals surface area contributed by atoms with Gasteiger partial charge >= 0.3 is 0 Å². The second-order valence-electron chi connectivity index (χ2n) is 8.08. The maximum atomic E-state index is 13.4. The van der Waals surface area contributed by atoms with Gasteiger partial charge in [0.05, 0.1) is 7.11 Å². The number of hydrogen-bond donors (Lipinski definition) is 1. The Morgan fingerprint density at radius 1 is 0.909 bits per heavy atom. The summed E-state index contributed by atoms with van der Waals surface area (Å²) in [5.74, 6) is 0.960. The monoisotopic (exact) mass is 444 g/mol. The molecule has 3 aromatic rings. The second kappa shape index (κ2) is 10.2. The number of benzene rings is 3. The van der Waals surface area contributed by atoms with Gasteiger partial charge in [0.2, 0.25) is 0 Å². The quantitative estimate of drug-likeness (QED) is 0.530. The fourth-order valence-electron chi connectivity index (χ4n) is 3.68. The van der Waals surface area contributed by atoms with Crippen LogP contribution in [0.3, 0.4) is 0 Å². The Bertz CT molecular complexity index is 1110. The number of nitrogens with one attached hydrogen (secondary N) is 1. The zero-order valence-corrected chi connectivity index (χ0v) is 18.9. The van der Waals surface area contributed by atoms with Gasteiger partial charge in [0, 0.05) is 30.8 Å². The highest BCUT2D eigenvalue weighted by Crippen LogP contribution is 2.33. The van der Waals surface area contributed by atoms with Gasteiger partial charge in [-0.05, 0) is 54.3 Å². The first-order valence-electron chi connectivity index (χ1n) is 11.1. The molecule has 1 N–H and O–H groups in total. The minimum atomic E-state index is -0.127. The molecule has 33 heavy (non-hydrogen) atoms. The second-order valence-corrected chi connectivity index (χ2v) is 8.08. The van der Waals surface area contributed by atoms with Crippen LogP contribution >= 0.6 is 0 Å². The van der Waals surface area contributed by atoms with Gasteiger partial charge in [-0.2, -0.15) is 0 Å². The van der Waals surface area contributed by atoms with Gasteiger partial charge in [-0.15, -0.1) is 0 Å². The van der Waals surface area contributed by atoms with Crippen LogP contribution in [-0.4, -0.2) is 36.9 Å². The average molecular weight is 445 g/mol. The van der Waals surface area contributed by atoms with Crippen molar-refractivity contribution in [3.63, 3.8) is 0 Å². The highest BCUT2D eigenvalue weighted by Gasteiger charge is 2.33. The van der Waals surface area contributed by atoms with Gasteiger partial charge in [-0.3, -0.25) is 9.59 Å². The fourth-order valence-corrected chi connectivity index (χ4v) is 3.68. The van der Waals surface area contributed by atoms with E-state index in [1.54, 1.807) is 44.5 Å². The summed E-state index contributed by atoms with van der Waals surface area (Å²) in [6.45, 7) is 0.914. The number of hydrogen-bond acceptors (Lipinski definition) is 4. The SMILES string of the molecule is CNC(=O)c1ccc(CN(C(=O)c2ccc(OCc3ccccc3)c(OC)c2)C2CC2)cc1. The third-order valence-electron chi connectivity index (χ3n) is 5.69. The molecule has 1 aliphatic carbocycles. The Kier molecular flexibility index (Phi) is 6.93. The van der Waals surface area contributed by atoms with Crippen LogP contribution in [0.1, 0.15) is 44.7 Å². The molecule has 170 valence electrons. The maximum Gasteiger partial charge on any atom is 0.254 e. The zero-order chi connectivity index (χ0) is 23.2. The lowest BCUT2D eigenvalue weighted by Gasteiger charge is -2.23. The van der Waals surface area contributed by atoms with Gasteiger partial charge in [0.1, 0.15) is 6.61 Å². The molecule has 6 nitrogen and oxygen atoms in total. The number of carbonyl (C=O) groups excluding carboxylic acids is 2. The fraction of sp³-hybridized carbons (Fsp3) is 0.259. The van der Waals surface area contributed by atoms with E-state index < -0.39 is 0 Å². The van der Waals surface area contributed by atoms with E-state index >= 15 is 0 Å². The van der Waals surface area contributed by atoms with Crippen molar-refractivity contribution in [1.29, 1.82) is 0 Å². The van der Waals surface area contributed by atoms with Gasteiger partial charge in [0.25, 0.3) is 11.8 Å². The number of rotatable bonds is 9. The number of amides is 2. The van der Waals surface area contributed by atoms with E-state index in [9.17, 15) is 9.59 Å². The Morgan fingerprint density at radius 2 is 1.61 bits per heavy atom. The highest BCUT2D eigenvalue weighted by atomic mass is 16.5. The summed E-state index contributed by atoms with van der Waals surface area (Å²) in [6, 6.07) is 22.8. The van der Waals surface area contributed by atoms with Gasteiger partial charge in [0.15, 0.2) is 11.5 Å². The van der Waals surface area contributed by atoms with Crippen LogP contribution in [0.15, 0.2) is 72.8 Å². The molecule has 0 radical (unpaired) electrons. The molecule has 0 saturated heterocycles. The van der Waals surface area contributed by atoms with Crippen molar-refractivity contribution in [2.75, 3.05) is 14.2 Å². The summed E-state index contributed by atoms with van der Waals surface area (Å²) in [5, 5.41) is 2.62. The van der Waals surface area contributed by atoms with E-state index in [1.165, 1.54) is 0 Å². The Labute approximate surface area is 194 Å². The molecule has 3 aromatic carbocycles. The number of ether oxygens (including phenoxy) is 2. The van der Waals surface area contributed by atoms with Gasteiger partial charge in [-0.1, -0.05) is 42.5 Å². The van der Waals surface area contributed by atoms with Crippen molar-refractivity contribution in [3.8, 4) is 11.5 Å². The minimum absolute atomic E-state index is 0.0409. The lowest BCUT2D eigenvalue weighted by Crippen LogP contribution is -2.32. The van der Waals surface area contributed by atoms with Crippen molar-refractivity contribution < 1.29 is 19.1 Å². The highest BCUT2D eigenvalue weighted by molar-refractivity contribution is 5.95. The molecule has 2 amide bonds. The first-order valence-corrected chi connectivity index (χ1v) is 11.1. The van der Waals surface area contributed by atoms with E-state index in [-0.39, 0.29) is 17.9 Å². The van der Waals surface area contributed by atoms with Gasteiger partial charge < -0.3 is 19.7 Å². The summed E-state index contributed by atoms with van der Waals surface area (Å²) in [7, 11) is 3.18. The predicted molar refractivity (Wildman–Crippen MR) is 126 cm³/mol. The van der Waals surface area contributed by atoms with Crippen LogP contribution in [-0.2, 0) is 13.2 Å². The molecule has 1 fully saturated rings. The predicted octanol–water partition coefficient (Wildman–Crippen LogP) is 4.44. The van der Waals surface area contributed by atoms with Crippen molar-refractivity contribution in [2.24, 2.45) is 0 Å². The van der Waals surface area contributed by atoms with Crippen molar-refractivity contribution in [1.82, 2.24) is 10.2 Å². The van der Waals surface area contributed by atoms with Crippen LogP contribution < -0.4 is 14.8 Å². The minimum Gasteiger partial charge on any atom is -0.493 e. The molecule has 0 aromatic heterocycles. The topological polar surface area (TPSA) is 67.9 Å². The van der Waals surface area contributed by atoms with Crippen molar-refractivity contribution in [2.45, 2.75) is 32.0 Å². The van der Waals surface area contributed by atoms with E-state index in [0.717, 1.165) is 24.0 Å². The molecular weight excluding hydrogens is 416 g/mol. The molecule has 1 saturated carbocycles. The summed E-state index contributed by atoms with van der Waals surface area (Å²) in [5.41, 5.74) is 3.20. The van der Waals surface area contributed by atoms with E-state index in [4.69, 9.17) is 9.47 Å². The third kappa shape index (κ3) is 5.52. The summed E-state index contributed by atoms with van der Waals surface area (Å²) in [6.07, 6.45) is 1.99. The number of methoxy groups -OCH3 is 1. The molecule has 0 aliphatic heterocycles. The smallest absolute Gasteiger partial charge is 0.254 e. The molecule has 6 heteroatoms. The summed E-state index contributed by atoms with van der Waals surface area (Å²) >= 11 is 0. The lowest BCUT2D eigenvalue weighted by atomic mass is 10.1. The molecule has 4 rings (SSSR count). The molecule has 0 bridgehead atoms. The van der Waals surface area contributed by atoms with Crippen LogP contribution in [0.25, 0.3) is 0 Å². The molecular formula is C27H28N2O4. The van der Waals surface area contributed by atoms with Gasteiger partial charge in [-0.25, -0.2) is 0 Å². The third-order valence-corrected chi connectivity index (χ3v) is 5.69. The van der Waals surface area contributed by atoms with E-state index in [0.29, 0.717) is 35.8 Å². The Morgan fingerprint density at radius 3 is 2.24 bits per heavy atom. The standard InChI is InChI=1S/C27H28N2O4/c1-28-26(30)21-10-8-19(9-11-21)17-29(23-13-14-23)27(31)22-12-15-24(25(16-22)32-2)33-18-20-6-4-3-5-7-20/h3-12,15-16,23H,13-14,17-18H2,1-2H3,(H,28,30). The average Bonchev–Trinajstić information content (AvgIpc) is 3.71. The number of nitrogens with zero attached hydrogens (tertiary/aromatic N) is 1. The van der Waals surface area contributed by atoms with Crippen LogP contribution in [0, 0.1) is 0 Å². The van der Waals surface area contributed by atoms with Crippen LogP contribution in [0.4, 0.5) is 0 Å². The van der Waals surface area contributed by atoms with Crippen LogP contribution in [0.5, 0.6) is 11.5 Å². The molecule has 0 heterocycles. The first kappa shape index (κ1) is 22.4. The summed E-state index contributed by atoms with van der Waals surface area (Å²) < 4.78 is 11.4.